The first kappa shape index (κ1) is 23.9. The molecule has 0 atom stereocenters. The number of benzene rings is 2. The first-order chi connectivity index (χ1) is 16.5. The van der Waals surface area contributed by atoms with Gasteiger partial charge < -0.3 is 10.6 Å². The SMILES string of the molecule is O=C(CN1CCC(C(=O)NCc2ccc(F)cc2)CC1)Nc1ccnn1Cc1ccccc1Cl. The molecule has 2 heterocycles. The van der Waals surface area contributed by atoms with Crippen LogP contribution in [-0.2, 0) is 22.7 Å². The number of aromatic nitrogens is 2. The fraction of sp³-hybridized carbons (Fsp3) is 0.320. The molecule has 1 fully saturated rings. The van der Waals surface area contributed by atoms with E-state index in [1.807, 2.05) is 29.2 Å². The average molecular weight is 484 g/mol. The van der Waals surface area contributed by atoms with Gasteiger partial charge in [0.25, 0.3) is 0 Å². The lowest BCUT2D eigenvalue weighted by molar-refractivity contribution is -0.126. The maximum Gasteiger partial charge on any atom is 0.239 e. The Labute approximate surface area is 202 Å². The van der Waals surface area contributed by atoms with Crippen molar-refractivity contribution in [2.24, 2.45) is 5.92 Å². The van der Waals surface area contributed by atoms with E-state index < -0.39 is 0 Å². The molecule has 0 radical (unpaired) electrons. The van der Waals surface area contributed by atoms with Crippen LogP contribution < -0.4 is 10.6 Å². The molecule has 7 nitrogen and oxygen atoms in total. The highest BCUT2D eigenvalue weighted by Gasteiger charge is 2.26. The van der Waals surface area contributed by atoms with E-state index in [4.69, 9.17) is 11.6 Å². The van der Waals surface area contributed by atoms with Crippen molar-refractivity contribution in [2.75, 3.05) is 25.0 Å². The van der Waals surface area contributed by atoms with E-state index in [9.17, 15) is 14.0 Å². The fourth-order valence-electron chi connectivity index (χ4n) is 4.03. The largest absolute Gasteiger partial charge is 0.352 e. The summed E-state index contributed by atoms with van der Waals surface area (Å²) in [4.78, 5) is 27.2. The van der Waals surface area contributed by atoms with Crippen LogP contribution >= 0.6 is 11.6 Å². The lowest BCUT2D eigenvalue weighted by Gasteiger charge is -2.30. The van der Waals surface area contributed by atoms with Crippen molar-refractivity contribution in [3.05, 3.63) is 82.8 Å². The van der Waals surface area contributed by atoms with E-state index in [1.54, 1.807) is 29.1 Å². The molecule has 178 valence electrons. The summed E-state index contributed by atoms with van der Waals surface area (Å²) in [5, 5.41) is 10.8. The van der Waals surface area contributed by atoms with Crippen LogP contribution in [-0.4, -0.2) is 46.1 Å². The van der Waals surface area contributed by atoms with E-state index in [2.05, 4.69) is 15.7 Å². The molecular weight excluding hydrogens is 457 g/mol. The maximum atomic E-state index is 13.0. The fourth-order valence-corrected chi connectivity index (χ4v) is 4.22. The molecule has 1 aliphatic rings. The number of nitrogens with one attached hydrogen (secondary N) is 2. The Kier molecular flexibility index (Phi) is 7.92. The van der Waals surface area contributed by atoms with Crippen LogP contribution in [0, 0.1) is 11.7 Å². The molecule has 0 spiro atoms. The van der Waals surface area contributed by atoms with Gasteiger partial charge in [-0.3, -0.25) is 14.5 Å². The van der Waals surface area contributed by atoms with Crippen molar-refractivity contribution in [1.82, 2.24) is 20.0 Å². The summed E-state index contributed by atoms with van der Waals surface area (Å²) in [5.41, 5.74) is 1.78. The second-order valence-electron chi connectivity index (χ2n) is 8.41. The van der Waals surface area contributed by atoms with Crippen LogP contribution in [0.15, 0.2) is 60.8 Å². The van der Waals surface area contributed by atoms with E-state index in [-0.39, 0.29) is 30.1 Å². The Hall–Kier alpha value is -3.23. The Morgan fingerprint density at radius 2 is 1.79 bits per heavy atom. The van der Waals surface area contributed by atoms with E-state index >= 15 is 0 Å². The number of nitrogens with zero attached hydrogens (tertiary/aromatic N) is 3. The van der Waals surface area contributed by atoms with Gasteiger partial charge in [0.2, 0.25) is 11.8 Å². The molecule has 9 heteroatoms. The van der Waals surface area contributed by atoms with Crippen molar-refractivity contribution < 1.29 is 14.0 Å². The molecule has 3 aromatic rings. The summed E-state index contributed by atoms with van der Waals surface area (Å²) in [5.74, 6) is 0.102. The van der Waals surface area contributed by atoms with Gasteiger partial charge in [0, 0.05) is 23.6 Å². The normalized spacial score (nSPS) is 14.6. The monoisotopic (exact) mass is 483 g/mol. The van der Waals surface area contributed by atoms with E-state index in [1.165, 1.54) is 12.1 Å². The van der Waals surface area contributed by atoms with Crippen LogP contribution in [0.25, 0.3) is 0 Å². The number of amides is 2. The Balaban J connectivity index is 1.21. The predicted molar refractivity (Wildman–Crippen MR) is 129 cm³/mol. The van der Waals surface area contributed by atoms with E-state index in [0.717, 1.165) is 11.1 Å². The molecule has 0 saturated carbocycles. The number of hydrogen-bond acceptors (Lipinski definition) is 4. The van der Waals surface area contributed by atoms with Gasteiger partial charge in [-0.2, -0.15) is 5.10 Å². The van der Waals surface area contributed by atoms with Gasteiger partial charge in [-0.05, 0) is 55.3 Å². The van der Waals surface area contributed by atoms with Crippen LogP contribution in [0.3, 0.4) is 0 Å². The summed E-state index contributed by atoms with van der Waals surface area (Å²) in [6.07, 6.45) is 3.02. The summed E-state index contributed by atoms with van der Waals surface area (Å²) in [6.45, 7) is 2.42. The minimum absolute atomic E-state index is 0.00287. The standard InChI is InChI=1S/C25H27ClFN5O2/c26-22-4-2-1-3-20(22)16-32-23(9-12-29-32)30-24(33)17-31-13-10-19(11-14-31)25(34)28-15-18-5-7-21(27)8-6-18/h1-9,12,19H,10-11,13-17H2,(H,28,34)(H,30,33). The number of carbonyl (C=O) groups is 2. The minimum atomic E-state index is -0.295. The zero-order valence-electron chi connectivity index (χ0n) is 18.7. The highest BCUT2D eigenvalue weighted by molar-refractivity contribution is 6.31. The third kappa shape index (κ3) is 6.42. The Morgan fingerprint density at radius 1 is 1.06 bits per heavy atom. The maximum absolute atomic E-state index is 13.0. The summed E-state index contributed by atoms with van der Waals surface area (Å²) in [6, 6.07) is 15.4. The van der Waals surface area contributed by atoms with Crippen molar-refractivity contribution in [3.63, 3.8) is 0 Å². The molecule has 1 saturated heterocycles. The summed E-state index contributed by atoms with van der Waals surface area (Å²) >= 11 is 6.24. The van der Waals surface area contributed by atoms with Gasteiger partial charge in [-0.15, -0.1) is 0 Å². The van der Waals surface area contributed by atoms with Gasteiger partial charge in [0.05, 0.1) is 19.3 Å². The van der Waals surface area contributed by atoms with Crippen molar-refractivity contribution in [2.45, 2.75) is 25.9 Å². The lowest BCUT2D eigenvalue weighted by Crippen LogP contribution is -2.43. The number of likely N-dealkylation sites (tertiary alicyclic amines) is 1. The van der Waals surface area contributed by atoms with Crippen LogP contribution in [0.1, 0.15) is 24.0 Å². The van der Waals surface area contributed by atoms with Gasteiger partial charge in [-0.25, -0.2) is 9.07 Å². The Morgan fingerprint density at radius 3 is 2.53 bits per heavy atom. The minimum Gasteiger partial charge on any atom is -0.352 e. The highest BCUT2D eigenvalue weighted by Crippen LogP contribution is 2.19. The first-order valence-corrected chi connectivity index (χ1v) is 11.7. The smallest absolute Gasteiger partial charge is 0.239 e. The van der Waals surface area contributed by atoms with Crippen molar-refractivity contribution in [1.29, 1.82) is 0 Å². The topological polar surface area (TPSA) is 79.3 Å². The molecular formula is C25H27ClFN5O2. The zero-order valence-corrected chi connectivity index (χ0v) is 19.5. The third-order valence-corrected chi connectivity index (χ3v) is 6.34. The van der Waals surface area contributed by atoms with Crippen molar-refractivity contribution >= 4 is 29.2 Å². The number of carbonyl (C=O) groups excluding carboxylic acids is 2. The van der Waals surface area contributed by atoms with E-state index in [0.29, 0.717) is 49.9 Å². The molecule has 4 rings (SSSR count). The molecule has 0 aliphatic carbocycles. The van der Waals surface area contributed by atoms with Crippen LogP contribution in [0.4, 0.5) is 10.2 Å². The van der Waals surface area contributed by atoms with Gasteiger partial charge in [0.1, 0.15) is 11.6 Å². The third-order valence-electron chi connectivity index (χ3n) is 5.97. The number of anilines is 1. The molecule has 2 amide bonds. The van der Waals surface area contributed by atoms with Crippen LogP contribution in [0.5, 0.6) is 0 Å². The second kappa shape index (κ2) is 11.3. The molecule has 34 heavy (non-hydrogen) atoms. The van der Waals surface area contributed by atoms with Crippen molar-refractivity contribution in [3.8, 4) is 0 Å². The van der Waals surface area contributed by atoms with Crippen LogP contribution in [0.2, 0.25) is 5.02 Å². The lowest BCUT2D eigenvalue weighted by atomic mass is 9.96. The quantitative estimate of drug-likeness (QED) is 0.512. The predicted octanol–water partition coefficient (Wildman–Crippen LogP) is 3.69. The number of piperidine rings is 1. The number of rotatable bonds is 8. The number of halogens is 2. The summed E-state index contributed by atoms with van der Waals surface area (Å²) < 4.78 is 14.7. The molecule has 0 unspecified atom stereocenters. The molecule has 2 aromatic carbocycles. The highest BCUT2D eigenvalue weighted by atomic mass is 35.5. The van der Waals surface area contributed by atoms with Gasteiger partial charge >= 0.3 is 0 Å². The van der Waals surface area contributed by atoms with Gasteiger partial charge in [0.15, 0.2) is 0 Å². The van der Waals surface area contributed by atoms with Gasteiger partial charge in [-0.1, -0.05) is 41.9 Å². The number of hydrogen-bond donors (Lipinski definition) is 2. The summed E-state index contributed by atoms with van der Waals surface area (Å²) in [7, 11) is 0. The molecule has 0 bridgehead atoms. The average Bonchev–Trinajstić information content (AvgIpc) is 3.26. The zero-order chi connectivity index (χ0) is 23.9. The Bertz CT molecular complexity index is 1130. The second-order valence-corrected chi connectivity index (χ2v) is 8.82. The molecule has 2 N–H and O–H groups in total. The molecule has 1 aromatic heterocycles. The first-order valence-electron chi connectivity index (χ1n) is 11.3. The molecule has 1 aliphatic heterocycles.